The van der Waals surface area contributed by atoms with E-state index in [0.29, 0.717) is 22.7 Å². The largest absolute Gasteiger partial charge is 0.438 e. The molecule has 2 atom stereocenters. The van der Waals surface area contributed by atoms with Crippen LogP contribution in [0.3, 0.4) is 0 Å². The van der Waals surface area contributed by atoms with Gasteiger partial charge in [0.05, 0.1) is 17.3 Å². The standard InChI is InChI=1S/C20H20ClN5OS/c1-12-10-13(2)24-19(23-12)26-20-25-17(11-28-20)16-4-3-9-22-18(16)27-15-7-5-14(21)6-8-15/h3-9,11-13H,10H2,1-2H3,(H2,23,24,25,26)/t12-,13-/m1/s1. The molecule has 2 N–H and O–H groups in total. The quantitative estimate of drug-likeness (QED) is 0.615. The van der Waals surface area contributed by atoms with Crippen molar-refractivity contribution in [1.82, 2.24) is 15.3 Å². The molecule has 1 aliphatic rings. The van der Waals surface area contributed by atoms with Gasteiger partial charge >= 0.3 is 0 Å². The van der Waals surface area contributed by atoms with Crippen LogP contribution in [-0.4, -0.2) is 28.0 Å². The summed E-state index contributed by atoms with van der Waals surface area (Å²) < 4.78 is 5.94. The van der Waals surface area contributed by atoms with Gasteiger partial charge in [-0.05, 0) is 56.7 Å². The lowest BCUT2D eigenvalue weighted by Gasteiger charge is -2.25. The van der Waals surface area contributed by atoms with E-state index >= 15 is 0 Å². The van der Waals surface area contributed by atoms with Gasteiger partial charge in [0.2, 0.25) is 5.88 Å². The van der Waals surface area contributed by atoms with Gasteiger partial charge in [0, 0.05) is 22.6 Å². The molecule has 0 saturated heterocycles. The van der Waals surface area contributed by atoms with Gasteiger partial charge in [0.1, 0.15) is 5.75 Å². The van der Waals surface area contributed by atoms with Gasteiger partial charge in [-0.1, -0.05) is 11.6 Å². The third-order valence-corrected chi connectivity index (χ3v) is 5.24. The number of aromatic nitrogens is 2. The molecular weight excluding hydrogens is 394 g/mol. The molecule has 0 fully saturated rings. The van der Waals surface area contributed by atoms with Crippen LogP contribution in [0, 0.1) is 0 Å². The van der Waals surface area contributed by atoms with Crippen molar-refractivity contribution < 1.29 is 4.74 Å². The first-order valence-electron chi connectivity index (χ1n) is 9.02. The Bertz CT molecular complexity index is 988. The molecule has 6 nitrogen and oxygen atoms in total. The van der Waals surface area contributed by atoms with E-state index in [2.05, 4.69) is 39.4 Å². The first kappa shape index (κ1) is 18.7. The molecule has 3 aromatic rings. The maximum atomic E-state index is 5.94. The highest BCUT2D eigenvalue weighted by molar-refractivity contribution is 7.14. The van der Waals surface area contributed by atoms with Crippen molar-refractivity contribution in [2.75, 3.05) is 5.32 Å². The van der Waals surface area contributed by atoms with Crippen LogP contribution in [0.4, 0.5) is 5.13 Å². The van der Waals surface area contributed by atoms with Crippen LogP contribution in [0.15, 0.2) is 53.0 Å². The van der Waals surface area contributed by atoms with Crippen molar-refractivity contribution in [2.24, 2.45) is 4.99 Å². The molecule has 8 heteroatoms. The molecule has 4 rings (SSSR count). The predicted molar refractivity (Wildman–Crippen MR) is 115 cm³/mol. The highest BCUT2D eigenvalue weighted by atomic mass is 35.5. The molecule has 28 heavy (non-hydrogen) atoms. The average Bonchev–Trinajstić information content (AvgIpc) is 3.11. The lowest BCUT2D eigenvalue weighted by molar-refractivity contribution is 0.465. The van der Waals surface area contributed by atoms with Gasteiger partial charge in [-0.3, -0.25) is 0 Å². The summed E-state index contributed by atoms with van der Waals surface area (Å²) in [6.45, 7) is 4.26. The number of pyridine rings is 1. The molecular formula is C20H20ClN5OS. The summed E-state index contributed by atoms with van der Waals surface area (Å²) in [7, 11) is 0. The van der Waals surface area contributed by atoms with E-state index in [4.69, 9.17) is 16.3 Å². The van der Waals surface area contributed by atoms with Crippen molar-refractivity contribution in [2.45, 2.75) is 32.4 Å². The van der Waals surface area contributed by atoms with Gasteiger partial charge < -0.3 is 15.4 Å². The molecule has 0 aliphatic carbocycles. The maximum Gasteiger partial charge on any atom is 0.228 e. The minimum Gasteiger partial charge on any atom is -0.438 e. The Kier molecular flexibility index (Phi) is 5.45. The van der Waals surface area contributed by atoms with E-state index in [0.717, 1.165) is 28.8 Å². The van der Waals surface area contributed by atoms with Gasteiger partial charge in [0.15, 0.2) is 11.1 Å². The Morgan fingerprint density at radius 3 is 2.82 bits per heavy atom. The van der Waals surface area contributed by atoms with Gasteiger partial charge in [0.25, 0.3) is 0 Å². The highest BCUT2D eigenvalue weighted by Gasteiger charge is 2.18. The molecule has 0 saturated carbocycles. The number of aliphatic imine (C=N–C) groups is 1. The number of hydrogen-bond donors (Lipinski definition) is 2. The van der Waals surface area contributed by atoms with Gasteiger partial charge in [-0.25, -0.2) is 15.0 Å². The fourth-order valence-corrected chi connectivity index (χ4v) is 3.86. The van der Waals surface area contributed by atoms with Crippen molar-refractivity contribution in [3.8, 4) is 22.9 Å². The maximum absolute atomic E-state index is 5.94. The summed E-state index contributed by atoms with van der Waals surface area (Å²) in [4.78, 5) is 13.7. The summed E-state index contributed by atoms with van der Waals surface area (Å²) >= 11 is 7.45. The zero-order valence-corrected chi connectivity index (χ0v) is 17.1. The van der Waals surface area contributed by atoms with E-state index < -0.39 is 0 Å². The Labute approximate surface area is 172 Å². The molecule has 0 spiro atoms. The van der Waals surface area contributed by atoms with E-state index in [1.807, 2.05) is 29.6 Å². The summed E-state index contributed by atoms with van der Waals surface area (Å²) in [5.41, 5.74) is 1.61. The average molecular weight is 414 g/mol. The molecule has 0 radical (unpaired) electrons. The minimum absolute atomic E-state index is 0.288. The molecule has 1 aliphatic heterocycles. The van der Waals surface area contributed by atoms with E-state index in [-0.39, 0.29) is 6.04 Å². The molecule has 144 valence electrons. The van der Waals surface area contributed by atoms with Crippen LogP contribution in [0.1, 0.15) is 20.3 Å². The summed E-state index contributed by atoms with van der Waals surface area (Å²) in [6.07, 6.45) is 2.72. The zero-order valence-electron chi connectivity index (χ0n) is 15.5. The Morgan fingerprint density at radius 2 is 2.04 bits per heavy atom. The second kappa shape index (κ2) is 8.16. The number of benzene rings is 1. The van der Waals surface area contributed by atoms with Crippen LogP contribution >= 0.6 is 22.9 Å². The zero-order chi connectivity index (χ0) is 19.5. The third kappa shape index (κ3) is 4.43. The number of nitrogens with one attached hydrogen (secondary N) is 2. The van der Waals surface area contributed by atoms with Crippen LogP contribution in [0.2, 0.25) is 5.02 Å². The Balaban J connectivity index is 1.55. The van der Waals surface area contributed by atoms with Crippen LogP contribution in [0.25, 0.3) is 11.3 Å². The van der Waals surface area contributed by atoms with E-state index in [1.54, 1.807) is 18.3 Å². The Hall–Kier alpha value is -2.64. The highest BCUT2D eigenvalue weighted by Crippen LogP contribution is 2.33. The number of thiazole rings is 1. The smallest absolute Gasteiger partial charge is 0.228 e. The van der Waals surface area contributed by atoms with Crippen molar-refractivity contribution >= 4 is 34.0 Å². The summed E-state index contributed by atoms with van der Waals surface area (Å²) in [5.74, 6) is 1.93. The fraction of sp³-hybridized carbons (Fsp3) is 0.250. The number of rotatable bonds is 4. The first-order chi connectivity index (χ1) is 13.6. The van der Waals surface area contributed by atoms with Crippen LogP contribution in [0.5, 0.6) is 11.6 Å². The number of ether oxygens (including phenoxy) is 1. The van der Waals surface area contributed by atoms with E-state index in [1.165, 1.54) is 11.3 Å². The number of nitrogens with zero attached hydrogens (tertiary/aromatic N) is 3. The molecule has 0 amide bonds. The predicted octanol–water partition coefficient (Wildman–Crippen LogP) is 5.19. The van der Waals surface area contributed by atoms with Crippen molar-refractivity contribution in [3.05, 3.63) is 53.0 Å². The SMILES string of the molecule is C[C@@H]1C[C@@H](C)NC(Nc2nc(-c3cccnc3Oc3ccc(Cl)cc3)cs2)=N1. The number of guanidine groups is 1. The fourth-order valence-electron chi connectivity index (χ4n) is 3.02. The number of halogens is 1. The normalized spacial score (nSPS) is 18.9. The monoisotopic (exact) mass is 413 g/mol. The summed E-state index contributed by atoms with van der Waals surface area (Å²) in [6, 6.07) is 11.7. The Morgan fingerprint density at radius 1 is 1.21 bits per heavy atom. The molecule has 3 heterocycles. The molecule has 0 unspecified atom stereocenters. The second-order valence-corrected chi connectivity index (χ2v) is 7.98. The lowest BCUT2D eigenvalue weighted by Crippen LogP contribution is -2.43. The lowest BCUT2D eigenvalue weighted by atomic mass is 10.1. The molecule has 2 aromatic heterocycles. The van der Waals surface area contributed by atoms with Crippen LogP contribution in [-0.2, 0) is 0 Å². The van der Waals surface area contributed by atoms with Crippen LogP contribution < -0.4 is 15.4 Å². The van der Waals surface area contributed by atoms with Gasteiger partial charge in [-0.2, -0.15) is 0 Å². The summed E-state index contributed by atoms with van der Waals surface area (Å²) in [5, 5.41) is 10.0. The number of anilines is 1. The third-order valence-electron chi connectivity index (χ3n) is 4.23. The van der Waals surface area contributed by atoms with Crippen molar-refractivity contribution in [3.63, 3.8) is 0 Å². The number of hydrogen-bond acceptors (Lipinski definition) is 7. The first-order valence-corrected chi connectivity index (χ1v) is 10.3. The van der Waals surface area contributed by atoms with E-state index in [9.17, 15) is 0 Å². The molecule has 0 bridgehead atoms. The van der Waals surface area contributed by atoms with Gasteiger partial charge in [-0.15, -0.1) is 11.3 Å². The molecule has 1 aromatic carbocycles. The minimum atomic E-state index is 0.288. The second-order valence-electron chi connectivity index (χ2n) is 6.68. The van der Waals surface area contributed by atoms with Crippen molar-refractivity contribution in [1.29, 1.82) is 0 Å². The topological polar surface area (TPSA) is 71.4 Å².